The Hall–Kier alpha value is -3.80. The van der Waals surface area contributed by atoms with Gasteiger partial charge < -0.3 is 20.8 Å². The average Bonchev–Trinajstić information content (AvgIpc) is 3.57. The first-order valence-corrected chi connectivity index (χ1v) is 10.2. The SMILES string of the molecule is O=C(CNC(=O)C1CC1(c1ccccc1)c1ccccc1)NCc1ccc(O)c(O)c1. The number of carbonyl (C=O) groups excluding carboxylic acids is 2. The first-order valence-electron chi connectivity index (χ1n) is 10.2. The number of phenols is 2. The van der Waals surface area contributed by atoms with Crippen molar-refractivity contribution in [3.8, 4) is 11.5 Å². The van der Waals surface area contributed by atoms with E-state index in [1.807, 2.05) is 60.7 Å². The summed E-state index contributed by atoms with van der Waals surface area (Å²) in [6.45, 7) is 0.0585. The van der Waals surface area contributed by atoms with Gasteiger partial charge in [0, 0.05) is 12.0 Å². The van der Waals surface area contributed by atoms with Crippen LogP contribution < -0.4 is 10.6 Å². The highest BCUT2D eigenvalue weighted by molar-refractivity contribution is 5.89. The predicted molar refractivity (Wildman–Crippen MR) is 116 cm³/mol. The largest absolute Gasteiger partial charge is 0.504 e. The van der Waals surface area contributed by atoms with Crippen LogP contribution in [0.5, 0.6) is 11.5 Å². The summed E-state index contributed by atoms with van der Waals surface area (Å²) in [5, 5.41) is 24.3. The Kier molecular flexibility index (Phi) is 5.62. The van der Waals surface area contributed by atoms with Crippen LogP contribution in [0.1, 0.15) is 23.1 Å². The normalized spacial score (nSPS) is 16.3. The molecule has 1 aliphatic rings. The Morgan fingerprint density at radius 1 is 0.839 bits per heavy atom. The summed E-state index contributed by atoms with van der Waals surface area (Å²) in [5.41, 5.74) is 2.47. The lowest BCUT2D eigenvalue weighted by Gasteiger charge is -2.19. The molecular formula is C25H24N2O4. The fourth-order valence-electron chi connectivity index (χ4n) is 4.09. The van der Waals surface area contributed by atoms with Crippen molar-refractivity contribution in [3.05, 3.63) is 95.6 Å². The number of hydrogen-bond acceptors (Lipinski definition) is 4. The molecule has 0 heterocycles. The quantitative estimate of drug-likeness (QED) is 0.445. The van der Waals surface area contributed by atoms with Crippen molar-refractivity contribution in [2.45, 2.75) is 18.4 Å². The van der Waals surface area contributed by atoms with E-state index < -0.39 is 0 Å². The molecule has 0 radical (unpaired) electrons. The molecule has 3 aromatic carbocycles. The van der Waals surface area contributed by atoms with E-state index in [0.717, 1.165) is 11.1 Å². The molecule has 31 heavy (non-hydrogen) atoms. The molecule has 6 heteroatoms. The minimum Gasteiger partial charge on any atom is -0.504 e. The van der Waals surface area contributed by atoms with Crippen LogP contribution in [0.25, 0.3) is 0 Å². The van der Waals surface area contributed by atoms with Gasteiger partial charge in [-0.05, 0) is 35.2 Å². The van der Waals surface area contributed by atoms with Crippen LogP contribution in [0, 0.1) is 5.92 Å². The highest BCUT2D eigenvalue weighted by atomic mass is 16.3. The third kappa shape index (κ3) is 4.23. The molecule has 4 N–H and O–H groups in total. The molecular weight excluding hydrogens is 392 g/mol. The number of phenolic OH excluding ortho intramolecular Hbond substituents is 2. The Bertz CT molecular complexity index is 1040. The summed E-state index contributed by atoms with van der Waals surface area (Å²) in [7, 11) is 0. The lowest BCUT2D eigenvalue weighted by molar-refractivity contribution is -0.127. The van der Waals surface area contributed by atoms with Crippen LogP contribution in [0.3, 0.4) is 0 Å². The van der Waals surface area contributed by atoms with Gasteiger partial charge in [-0.1, -0.05) is 66.7 Å². The van der Waals surface area contributed by atoms with Gasteiger partial charge in [-0.3, -0.25) is 9.59 Å². The lowest BCUT2D eigenvalue weighted by Crippen LogP contribution is -2.38. The highest BCUT2D eigenvalue weighted by Gasteiger charge is 2.60. The van der Waals surface area contributed by atoms with Gasteiger partial charge in [-0.15, -0.1) is 0 Å². The number of nitrogens with one attached hydrogen (secondary N) is 2. The Morgan fingerprint density at radius 2 is 1.45 bits per heavy atom. The van der Waals surface area contributed by atoms with Crippen LogP contribution in [0.2, 0.25) is 0 Å². The molecule has 6 nitrogen and oxygen atoms in total. The summed E-state index contributed by atoms with van der Waals surface area (Å²) in [4.78, 5) is 25.1. The van der Waals surface area contributed by atoms with E-state index in [4.69, 9.17) is 0 Å². The second-order valence-electron chi connectivity index (χ2n) is 7.78. The van der Waals surface area contributed by atoms with E-state index in [0.29, 0.717) is 12.0 Å². The van der Waals surface area contributed by atoms with Crippen LogP contribution in [0.15, 0.2) is 78.9 Å². The van der Waals surface area contributed by atoms with Gasteiger partial charge in [0.15, 0.2) is 11.5 Å². The molecule has 0 bridgehead atoms. The summed E-state index contributed by atoms with van der Waals surface area (Å²) < 4.78 is 0. The molecule has 1 unspecified atom stereocenters. The number of amides is 2. The first-order chi connectivity index (χ1) is 15.0. The highest BCUT2D eigenvalue weighted by Crippen LogP contribution is 2.58. The average molecular weight is 416 g/mol. The van der Waals surface area contributed by atoms with E-state index in [1.54, 1.807) is 6.07 Å². The molecule has 158 valence electrons. The number of benzene rings is 3. The second-order valence-corrected chi connectivity index (χ2v) is 7.78. The van der Waals surface area contributed by atoms with Gasteiger partial charge in [0.2, 0.25) is 11.8 Å². The van der Waals surface area contributed by atoms with E-state index in [2.05, 4.69) is 10.6 Å². The van der Waals surface area contributed by atoms with Crippen molar-refractivity contribution in [1.29, 1.82) is 0 Å². The zero-order valence-corrected chi connectivity index (χ0v) is 16.9. The van der Waals surface area contributed by atoms with Crippen LogP contribution >= 0.6 is 0 Å². The zero-order valence-electron chi connectivity index (χ0n) is 16.9. The molecule has 1 saturated carbocycles. The topological polar surface area (TPSA) is 98.7 Å². The van der Waals surface area contributed by atoms with Crippen molar-refractivity contribution in [3.63, 3.8) is 0 Å². The summed E-state index contributed by atoms with van der Waals surface area (Å²) in [5.74, 6) is -1.17. The third-order valence-corrected chi connectivity index (χ3v) is 5.81. The van der Waals surface area contributed by atoms with E-state index in [-0.39, 0.29) is 47.7 Å². The predicted octanol–water partition coefficient (Wildman–Crippen LogP) is 2.84. The van der Waals surface area contributed by atoms with Crippen molar-refractivity contribution in [2.75, 3.05) is 6.54 Å². The van der Waals surface area contributed by atoms with Gasteiger partial charge in [0.1, 0.15) is 0 Å². The van der Waals surface area contributed by atoms with Gasteiger partial charge in [-0.2, -0.15) is 0 Å². The molecule has 1 atom stereocenters. The maximum absolute atomic E-state index is 12.9. The summed E-state index contributed by atoms with van der Waals surface area (Å²) in [6.07, 6.45) is 0.696. The molecule has 4 rings (SSSR count). The minimum absolute atomic E-state index is 0.126. The van der Waals surface area contributed by atoms with Crippen molar-refractivity contribution in [2.24, 2.45) is 5.92 Å². The molecule has 0 spiro atoms. The van der Waals surface area contributed by atoms with Gasteiger partial charge in [-0.25, -0.2) is 0 Å². The van der Waals surface area contributed by atoms with Gasteiger partial charge >= 0.3 is 0 Å². The van der Waals surface area contributed by atoms with Crippen molar-refractivity contribution < 1.29 is 19.8 Å². The Labute approximate surface area is 180 Å². The number of carbonyl (C=O) groups is 2. The van der Waals surface area contributed by atoms with Crippen LogP contribution in [-0.2, 0) is 21.5 Å². The van der Waals surface area contributed by atoms with E-state index >= 15 is 0 Å². The van der Waals surface area contributed by atoms with E-state index in [9.17, 15) is 19.8 Å². The molecule has 2 amide bonds. The molecule has 3 aromatic rings. The third-order valence-electron chi connectivity index (χ3n) is 5.81. The lowest BCUT2D eigenvalue weighted by atomic mass is 9.85. The smallest absolute Gasteiger partial charge is 0.239 e. The molecule has 0 aromatic heterocycles. The first kappa shape index (κ1) is 20.5. The number of rotatable bonds is 7. The molecule has 0 aliphatic heterocycles. The molecule has 0 saturated heterocycles. The van der Waals surface area contributed by atoms with Crippen molar-refractivity contribution >= 4 is 11.8 Å². The second kappa shape index (κ2) is 8.52. The minimum atomic E-state index is -0.368. The Morgan fingerprint density at radius 3 is 2.03 bits per heavy atom. The van der Waals surface area contributed by atoms with E-state index in [1.165, 1.54) is 12.1 Å². The fourth-order valence-corrected chi connectivity index (χ4v) is 4.09. The Balaban J connectivity index is 1.37. The zero-order chi connectivity index (χ0) is 21.8. The molecule has 1 fully saturated rings. The van der Waals surface area contributed by atoms with Crippen LogP contribution in [0.4, 0.5) is 0 Å². The van der Waals surface area contributed by atoms with Crippen LogP contribution in [-0.4, -0.2) is 28.6 Å². The summed E-state index contributed by atoms with van der Waals surface area (Å²) >= 11 is 0. The fraction of sp³-hybridized carbons (Fsp3) is 0.200. The summed E-state index contributed by atoms with van der Waals surface area (Å²) in [6, 6.07) is 24.3. The maximum Gasteiger partial charge on any atom is 0.239 e. The van der Waals surface area contributed by atoms with Crippen molar-refractivity contribution in [1.82, 2.24) is 10.6 Å². The molecule has 1 aliphatic carbocycles. The monoisotopic (exact) mass is 416 g/mol. The van der Waals surface area contributed by atoms with Gasteiger partial charge in [0.05, 0.1) is 12.5 Å². The standard InChI is InChI=1S/C25H24N2O4/c28-21-12-11-17(13-22(21)29)15-26-23(30)16-27-24(31)20-14-25(20,18-7-3-1-4-8-18)19-9-5-2-6-10-19/h1-13,20,28-29H,14-16H2,(H,26,30)(H,27,31). The number of hydrogen-bond donors (Lipinski definition) is 4. The van der Waals surface area contributed by atoms with Gasteiger partial charge in [0.25, 0.3) is 0 Å². The maximum atomic E-state index is 12.9. The number of aromatic hydroxyl groups is 2.